The van der Waals surface area contributed by atoms with Crippen LogP contribution in [0.1, 0.15) is 5.56 Å². The summed E-state index contributed by atoms with van der Waals surface area (Å²) in [7, 11) is -2.17. The molecule has 2 rings (SSSR count). The molecule has 0 aromatic heterocycles. The lowest BCUT2D eigenvalue weighted by atomic mass is 10.2. The van der Waals surface area contributed by atoms with E-state index in [9.17, 15) is 13.2 Å². The number of carbonyl (C=O) groups excluding carboxylic acids is 1. The number of carbonyl (C=O) groups is 1. The summed E-state index contributed by atoms with van der Waals surface area (Å²) in [5.41, 5.74) is 1.09. The van der Waals surface area contributed by atoms with Gasteiger partial charge in [-0.2, -0.15) is 0 Å². The molecule has 5 nitrogen and oxygen atoms in total. The van der Waals surface area contributed by atoms with Gasteiger partial charge in [0.15, 0.2) is 0 Å². The van der Waals surface area contributed by atoms with E-state index in [1.807, 2.05) is 0 Å². The predicted molar refractivity (Wildman–Crippen MR) is 96.8 cm³/mol. The van der Waals surface area contributed by atoms with Crippen molar-refractivity contribution in [3.05, 3.63) is 64.1 Å². The summed E-state index contributed by atoms with van der Waals surface area (Å²) < 4.78 is 25.5. The zero-order valence-electron chi connectivity index (χ0n) is 12.6. The van der Waals surface area contributed by atoms with E-state index in [2.05, 4.69) is 10.0 Å². The molecule has 0 aliphatic rings. The molecule has 0 unspecified atom stereocenters. The normalized spacial score (nSPS) is 11.6. The molecular weight excluding hydrogens is 371 g/mol. The zero-order chi connectivity index (χ0) is 17.7. The topological polar surface area (TPSA) is 75.3 Å². The first kappa shape index (κ1) is 18.5. The van der Waals surface area contributed by atoms with Crippen molar-refractivity contribution >= 4 is 50.9 Å². The van der Waals surface area contributed by atoms with Crippen molar-refractivity contribution in [2.24, 2.45) is 0 Å². The van der Waals surface area contributed by atoms with Crippen LogP contribution >= 0.6 is 23.2 Å². The second-order valence-corrected chi connectivity index (χ2v) is 7.37. The minimum atomic E-state index is -3.50. The third-order valence-electron chi connectivity index (χ3n) is 3.10. The van der Waals surface area contributed by atoms with Gasteiger partial charge in [-0.05, 0) is 49.0 Å². The monoisotopic (exact) mass is 384 g/mol. The second kappa shape index (κ2) is 7.81. The predicted octanol–water partition coefficient (Wildman–Crippen LogP) is 3.55. The Morgan fingerprint density at radius 2 is 1.75 bits per heavy atom. The molecule has 24 heavy (non-hydrogen) atoms. The maximum absolute atomic E-state index is 11.9. The molecule has 0 fully saturated rings. The Kier molecular flexibility index (Phi) is 6.01. The quantitative estimate of drug-likeness (QED) is 0.773. The molecule has 0 radical (unpaired) electrons. The van der Waals surface area contributed by atoms with Crippen LogP contribution < -0.4 is 10.0 Å². The van der Waals surface area contributed by atoms with Crippen LogP contribution in [0.2, 0.25) is 10.0 Å². The molecule has 0 spiro atoms. The van der Waals surface area contributed by atoms with Crippen LogP contribution in [0.25, 0.3) is 6.08 Å². The van der Waals surface area contributed by atoms with E-state index in [0.717, 1.165) is 0 Å². The first-order valence-electron chi connectivity index (χ1n) is 6.80. The number of sulfonamides is 1. The molecule has 126 valence electrons. The first-order chi connectivity index (χ1) is 11.3. The Bertz CT molecular complexity index is 879. The fourth-order valence-electron chi connectivity index (χ4n) is 1.83. The summed E-state index contributed by atoms with van der Waals surface area (Å²) in [6, 6.07) is 10.9. The number of hydrogen-bond acceptors (Lipinski definition) is 3. The van der Waals surface area contributed by atoms with Gasteiger partial charge in [0.2, 0.25) is 15.9 Å². The molecule has 8 heteroatoms. The maximum atomic E-state index is 11.9. The Hall–Kier alpha value is -1.86. The Morgan fingerprint density at radius 1 is 1.08 bits per heavy atom. The average molecular weight is 385 g/mol. The van der Waals surface area contributed by atoms with Gasteiger partial charge in [-0.1, -0.05) is 35.3 Å². The molecule has 0 saturated heterocycles. The van der Waals surface area contributed by atoms with E-state index in [1.165, 1.54) is 37.4 Å². The summed E-state index contributed by atoms with van der Waals surface area (Å²) >= 11 is 11.9. The molecule has 0 saturated carbocycles. The van der Waals surface area contributed by atoms with E-state index in [0.29, 0.717) is 21.3 Å². The highest BCUT2D eigenvalue weighted by atomic mass is 35.5. The Morgan fingerprint density at radius 3 is 2.38 bits per heavy atom. The number of halogens is 2. The molecule has 0 atom stereocenters. The van der Waals surface area contributed by atoms with Crippen molar-refractivity contribution in [2.45, 2.75) is 4.90 Å². The number of rotatable bonds is 5. The molecule has 0 heterocycles. The SMILES string of the molecule is CNS(=O)(=O)c1ccc(NC(=O)/C=C/c2cccc(Cl)c2Cl)cc1. The van der Waals surface area contributed by atoms with Gasteiger partial charge in [0, 0.05) is 11.8 Å². The van der Waals surface area contributed by atoms with Gasteiger partial charge in [-0.3, -0.25) is 4.79 Å². The fourth-order valence-corrected chi connectivity index (χ4v) is 2.93. The number of benzene rings is 2. The lowest BCUT2D eigenvalue weighted by Crippen LogP contribution is -2.18. The van der Waals surface area contributed by atoms with Gasteiger partial charge < -0.3 is 5.32 Å². The molecule has 0 bridgehead atoms. The van der Waals surface area contributed by atoms with Gasteiger partial charge in [0.05, 0.1) is 14.9 Å². The van der Waals surface area contributed by atoms with Crippen molar-refractivity contribution < 1.29 is 13.2 Å². The van der Waals surface area contributed by atoms with Crippen molar-refractivity contribution in [3.8, 4) is 0 Å². The van der Waals surface area contributed by atoms with Crippen molar-refractivity contribution in [1.29, 1.82) is 0 Å². The molecule has 2 N–H and O–H groups in total. The maximum Gasteiger partial charge on any atom is 0.248 e. The minimum absolute atomic E-state index is 0.115. The second-order valence-electron chi connectivity index (χ2n) is 4.70. The lowest BCUT2D eigenvalue weighted by Gasteiger charge is -2.05. The van der Waals surface area contributed by atoms with Gasteiger partial charge in [0.25, 0.3) is 0 Å². The highest BCUT2D eigenvalue weighted by Crippen LogP contribution is 2.26. The summed E-state index contributed by atoms with van der Waals surface area (Å²) in [5.74, 6) is -0.379. The molecular formula is C16H14Cl2N2O3S. The number of amides is 1. The summed E-state index contributed by atoms with van der Waals surface area (Å²) in [6.45, 7) is 0. The van der Waals surface area contributed by atoms with Crippen LogP contribution in [-0.2, 0) is 14.8 Å². The standard InChI is InChI=1S/C16H14Cl2N2O3S/c1-19-24(22,23)13-8-6-12(7-9-13)20-15(21)10-5-11-3-2-4-14(17)16(11)18/h2-10,19H,1H3,(H,20,21)/b10-5+. The summed E-state index contributed by atoms with van der Waals surface area (Å²) in [5, 5.41) is 3.39. The van der Waals surface area contributed by atoms with E-state index in [4.69, 9.17) is 23.2 Å². The highest BCUT2D eigenvalue weighted by molar-refractivity contribution is 7.89. The number of hydrogen-bond donors (Lipinski definition) is 2. The largest absolute Gasteiger partial charge is 0.323 e. The molecule has 1 amide bonds. The highest BCUT2D eigenvalue weighted by Gasteiger charge is 2.10. The Balaban J connectivity index is 2.07. The van der Waals surface area contributed by atoms with Crippen LogP contribution in [0.15, 0.2) is 53.4 Å². The Labute approximate surface area is 150 Å². The van der Waals surface area contributed by atoms with Gasteiger partial charge in [0.1, 0.15) is 0 Å². The van der Waals surface area contributed by atoms with E-state index >= 15 is 0 Å². The van der Waals surface area contributed by atoms with Crippen molar-refractivity contribution in [3.63, 3.8) is 0 Å². The van der Waals surface area contributed by atoms with Gasteiger partial charge in [-0.15, -0.1) is 0 Å². The third-order valence-corrected chi connectivity index (χ3v) is 5.36. The zero-order valence-corrected chi connectivity index (χ0v) is 14.9. The fraction of sp³-hybridized carbons (Fsp3) is 0.0625. The van der Waals surface area contributed by atoms with Gasteiger partial charge in [-0.25, -0.2) is 13.1 Å². The van der Waals surface area contributed by atoms with E-state index in [-0.39, 0.29) is 10.8 Å². The van der Waals surface area contributed by atoms with Gasteiger partial charge >= 0.3 is 0 Å². The summed E-state index contributed by atoms with van der Waals surface area (Å²) in [6.07, 6.45) is 2.86. The van der Waals surface area contributed by atoms with Crippen LogP contribution in [-0.4, -0.2) is 21.4 Å². The van der Waals surface area contributed by atoms with Crippen LogP contribution in [0.5, 0.6) is 0 Å². The van der Waals surface area contributed by atoms with Crippen LogP contribution in [0.4, 0.5) is 5.69 Å². The van der Waals surface area contributed by atoms with E-state index < -0.39 is 10.0 Å². The van der Waals surface area contributed by atoms with Crippen molar-refractivity contribution in [2.75, 3.05) is 12.4 Å². The van der Waals surface area contributed by atoms with Crippen molar-refractivity contribution in [1.82, 2.24) is 4.72 Å². The molecule has 0 aliphatic carbocycles. The van der Waals surface area contributed by atoms with E-state index in [1.54, 1.807) is 24.3 Å². The summed E-state index contributed by atoms with van der Waals surface area (Å²) in [4.78, 5) is 12.0. The van der Waals surface area contributed by atoms with Crippen LogP contribution in [0.3, 0.4) is 0 Å². The first-order valence-corrected chi connectivity index (χ1v) is 9.04. The smallest absolute Gasteiger partial charge is 0.248 e. The number of anilines is 1. The van der Waals surface area contributed by atoms with Crippen LogP contribution in [0, 0.1) is 0 Å². The average Bonchev–Trinajstić information content (AvgIpc) is 2.56. The molecule has 2 aromatic carbocycles. The minimum Gasteiger partial charge on any atom is -0.323 e. The molecule has 2 aromatic rings. The number of nitrogens with one attached hydrogen (secondary N) is 2. The lowest BCUT2D eigenvalue weighted by molar-refractivity contribution is -0.111. The third kappa shape index (κ3) is 4.58. The molecule has 0 aliphatic heterocycles.